The molecule has 0 aliphatic rings. The van der Waals surface area contributed by atoms with Crippen LogP contribution in [0.2, 0.25) is 0 Å². The van der Waals surface area contributed by atoms with Crippen molar-refractivity contribution in [2.24, 2.45) is 7.05 Å². The van der Waals surface area contributed by atoms with Crippen LogP contribution in [-0.4, -0.2) is 21.5 Å². The number of nitrogens with zero attached hydrogens (tertiary/aromatic N) is 2. The fraction of sp³-hybridized carbons (Fsp3) is 0.227. The topological polar surface area (TPSA) is 88.1 Å². The molecule has 8 heteroatoms. The van der Waals surface area contributed by atoms with Crippen LogP contribution in [0.25, 0.3) is 0 Å². The molecule has 3 rings (SSSR count). The van der Waals surface area contributed by atoms with E-state index in [0.29, 0.717) is 17.1 Å². The Morgan fingerprint density at radius 2 is 1.80 bits per heavy atom. The zero-order chi connectivity index (χ0) is 21.7. The molecule has 30 heavy (non-hydrogen) atoms. The molecule has 0 aliphatic heterocycles. The number of hydrogen-bond acceptors (Lipinski definition) is 3. The summed E-state index contributed by atoms with van der Waals surface area (Å²) in [5.41, 5.74) is 2.06. The quantitative estimate of drug-likeness (QED) is 0.580. The number of hydrogen-bond donors (Lipinski definition) is 3. The number of amides is 3. The Kier molecular flexibility index (Phi) is 6.46. The van der Waals surface area contributed by atoms with Crippen molar-refractivity contribution in [1.29, 1.82) is 0 Å². The summed E-state index contributed by atoms with van der Waals surface area (Å²) in [5.74, 6) is 0.0200. The first-order valence-corrected chi connectivity index (χ1v) is 9.50. The first-order chi connectivity index (χ1) is 14.3. The molecule has 0 radical (unpaired) electrons. The van der Waals surface area contributed by atoms with E-state index < -0.39 is 17.9 Å². The van der Waals surface area contributed by atoms with Gasteiger partial charge in [-0.3, -0.25) is 4.79 Å². The average molecular weight is 409 g/mol. The van der Waals surface area contributed by atoms with Crippen molar-refractivity contribution >= 4 is 17.6 Å². The molecule has 7 nitrogen and oxygen atoms in total. The lowest BCUT2D eigenvalue weighted by molar-refractivity contribution is -0.114. The zero-order valence-corrected chi connectivity index (χ0v) is 17.0. The third kappa shape index (κ3) is 5.22. The average Bonchev–Trinajstić information content (AvgIpc) is 3.11. The molecular weight excluding hydrogens is 385 g/mol. The highest BCUT2D eigenvalue weighted by molar-refractivity contribution is 5.88. The summed E-state index contributed by atoms with van der Waals surface area (Å²) in [6.07, 6.45) is 3.38. The Morgan fingerprint density at radius 1 is 1.07 bits per heavy atom. The minimum absolute atomic E-state index is 0.168. The number of imidazole rings is 1. The van der Waals surface area contributed by atoms with Crippen LogP contribution < -0.4 is 16.0 Å². The lowest BCUT2D eigenvalue weighted by Crippen LogP contribution is -2.40. The lowest BCUT2D eigenvalue weighted by atomic mass is 10.1. The summed E-state index contributed by atoms with van der Waals surface area (Å²) >= 11 is 0. The molecule has 1 heterocycles. The zero-order valence-electron chi connectivity index (χ0n) is 17.0. The number of rotatable bonds is 6. The molecule has 0 fully saturated rings. The van der Waals surface area contributed by atoms with Gasteiger partial charge in [0, 0.05) is 32.1 Å². The molecule has 0 spiro atoms. The third-order valence-electron chi connectivity index (χ3n) is 4.63. The Bertz CT molecular complexity index is 1050. The minimum Gasteiger partial charge on any atom is -0.336 e. The number of halogens is 1. The van der Waals surface area contributed by atoms with E-state index in [1.807, 2.05) is 20.0 Å². The Labute approximate surface area is 174 Å². The molecule has 0 saturated carbocycles. The van der Waals surface area contributed by atoms with E-state index in [9.17, 15) is 14.0 Å². The van der Waals surface area contributed by atoms with Crippen LogP contribution in [0.15, 0.2) is 60.9 Å². The lowest BCUT2D eigenvalue weighted by Gasteiger charge is -2.22. The van der Waals surface area contributed by atoms with Crippen molar-refractivity contribution < 1.29 is 14.0 Å². The van der Waals surface area contributed by atoms with Gasteiger partial charge in [0.1, 0.15) is 17.7 Å². The van der Waals surface area contributed by atoms with E-state index in [4.69, 9.17) is 0 Å². The maximum absolute atomic E-state index is 13.8. The van der Waals surface area contributed by atoms with E-state index in [1.54, 1.807) is 47.3 Å². The molecule has 2 unspecified atom stereocenters. The maximum Gasteiger partial charge on any atom is 0.316 e. The SMILES string of the molecule is CC(=O)Nc1cccc(C(C)NC(=O)NC(c2cccc(F)c2)c2nccn2C)c1. The molecule has 0 bridgehead atoms. The number of carbonyl (C=O) groups is 2. The van der Waals surface area contributed by atoms with Gasteiger partial charge < -0.3 is 20.5 Å². The summed E-state index contributed by atoms with van der Waals surface area (Å²) in [4.78, 5) is 28.3. The Morgan fingerprint density at radius 3 is 2.47 bits per heavy atom. The van der Waals surface area contributed by atoms with Gasteiger partial charge in [0.15, 0.2) is 0 Å². The summed E-state index contributed by atoms with van der Waals surface area (Å²) in [6, 6.07) is 11.9. The highest BCUT2D eigenvalue weighted by Gasteiger charge is 2.22. The first kappa shape index (κ1) is 21.0. The Balaban J connectivity index is 1.76. The molecule has 3 amide bonds. The second kappa shape index (κ2) is 9.21. The molecule has 3 N–H and O–H groups in total. The van der Waals surface area contributed by atoms with Gasteiger partial charge >= 0.3 is 6.03 Å². The summed E-state index contributed by atoms with van der Waals surface area (Å²) in [6.45, 7) is 3.27. The largest absolute Gasteiger partial charge is 0.336 e. The number of anilines is 1. The molecule has 3 aromatic rings. The third-order valence-corrected chi connectivity index (χ3v) is 4.63. The molecule has 156 valence electrons. The number of aromatic nitrogens is 2. The van der Waals surface area contributed by atoms with Gasteiger partial charge in [0.25, 0.3) is 0 Å². The van der Waals surface area contributed by atoms with Crippen LogP contribution in [0.3, 0.4) is 0 Å². The molecule has 2 aromatic carbocycles. The number of urea groups is 1. The predicted molar refractivity (Wildman–Crippen MR) is 112 cm³/mol. The number of carbonyl (C=O) groups excluding carboxylic acids is 2. The highest BCUT2D eigenvalue weighted by atomic mass is 19.1. The van der Waals surface area contributed by atoms with Gasteiger partial charge in [-0.15, -0.1) is 0 Å². The number of nitrogens with one attached hydrogen (secondary N) is 3. The predicted octanol–water partition coefficient (Wildman–Crippen LogP) is 3.67. The van der Waals surface area contributed by atoms with E-state index in [0.717, 1.165) is 5.56 Å². The van der Waals surface area contributed by atoms with Crippen molar-refractivity contribution in [3.8, 4) is 0 Å². The van der Waals surface area contributed by atoms with Crippen molar-refractivity contribution in [3.63, 3.8) is 0 Å². The van der Waals surface area contributed by atoms with Crippen molar-refractivity contribution in [3.05, 3.63) is 83.7 Å². The normalized spacial score (nSPS) is 12.7. The Hall–Kier alpha value is -3.68. The number of benzene rings is 2. The van der Waals surface area contributed by atoms with Gasteiger partial charge in [-0.1, -0.05) is 24.3 Å². The van der Waals surface area contributed by atoms with Crippen molar-refractivity contribution in [2.75, 3.05) is 5.32 Å². The fourth-order valence-electron chi connectivity index (χ4n) is 3.18. The highest BCUT2D eigenvalue weighted by Crippen LogP contribution is 2.22. The minimum atomic E-state index is -0.626. The standard InChI is InChI=1S/C22H24FN5O2/c1-14(16-6-5-9-19(13-16)26-15(2)29)25-22(30)27-20(21-24-10-11-28(21)3)17-7-4-8-18(23)12-17/h4-14,20H,1-3H3,(H,26,29)(H2,25,27,30). The first-order valence-electron chi connectivity index (χ1n) is 9.50. The second-order valence-electron chi connectivity index (χ2n) is 7.03. The molecule has 0 aliphatic carbocycles. The van der Waals surface area contributed by atoms with Crippen molar-refractivity contribution in [1.82, 2.24) is 20.2 Å². The van der Waals surface area contributed by atoms with Gasteiger partial charge in [-0.05, 0) is 42.3 Å². The van der Waals surface area contributed by atoms with Gasteiger partial charge in [-0.2, -0.15) is 0 Å². The van der Waals surface area contributed by atoms with E-state index in [1.165, 1.54) is 19.1 Å². The van der Waals surface area contributed by atoms with E-state index in [2.05, 4.69) is 20.9 Å². The molecule has 0 saturated heterocycles. The van der Waals surface area contributed by atoms with Crippen molar-refractivity contribution in [2.45, 2.75) is 25.9 Å². The fourth-order valence-corrected chi connectivity index (χ4v) is 3.18. The smallest absolute Gasteiger partial charge is 0.316 e. The molecule has 2 atom stereocenters. The second-order valence-corrected chi connectivity index (χ2v) is 7.03. The van der Waals surface area contributed by atoms with Crippen LogP contribution in [0.4, 0.5) is 14.9 Å². The maximum atomic E-state index is 13.8. The van der Waals surface area contributed by atoms with Crippen LogP contribution in [0.1, 0.15) is 42.9 Å². The van der Waals surface area contributed by atoms with Crippen LogP contribution in [-0.2, 0) is 11.8 Å². The van der Waals surface area contributed by atoms with E-state index in [-0.39, 0.29) is 11.9 Å². The van der Waals surface area contributed by atoms with Crippen LogP contribution in [0.5, 0.6) is 0 Å². The van der Waals surface area contributed by atoms with Gasteiger partial charge in [-0.25, -0.2) is 14.2 Å². The number of aryl methyl sites for hydroxylation is 1. The summed E-state index contributed by atoms with van der Waals surface area (Å²) in [5, 5.41) is 8.48. The summed E-state index contributed by atoms with van der Waals surface area (Å²) < 4.78 is 15.6. The molecule has 1 aromatic heterocycles. The van der Waals surface area contributed by atoms with Gasteiger partial charge in [0.2, 0.25) is 5.91 Å². The molecular formula is C22H24FN5O2. The van der Waals surface area contributed by atoms with Crippen LogP contribution >= 0.6 is 0 Å². The van der Waals surface area contributed by atoms with E-state index >= 15 is 0 Å². The van der Waals surface area contributed by atoms with Gasteiger partial charge in [0.05, 0.1) is 6.04 Å². The van der Waals surface area contributed by atoms with Crippen LogP contribution in [0, 0.1) is 5.82 Å². The summed E-state index contributed by atoms with van der Waals surface area (Å²) in [7, 11) is 1.81. The monoisotopic (exact) mass is 409 g/mol.